The summed E-state index contributed by atoms with van der Waals surface area (Å²) in [7, 11) is 1.55. The second-order valence-corrected chi connectivity index (χ2v) is 10.2. The fourth-order valence-corrected chi connectivity index (χ4v) is 6.78. The number of nitrogens with zero attached hydrogens (tertiary/aromatic N) is 2. The van der Waals surface area contributed by atoms with Crippen molar-refractivity contribution in [2.24, 2.45) is 11.8 Å². The molecule has 0 aromatic heterocycles. The number of carbonyl (C=O) groups excluding carboxylic acids is 3. The van der Waals surface area contributed by atoms with Crippen LogP contribution in [0.2, 0.25) is 0 Å². The van der Waals surface area contributed by atoms with Crippen molar-refractivity contribution in [1.82, 2.24) is 10.2 Å². The number of nitrogens with one attached hydrogen (secondary N) is 2. The number of hydrogen-bond acceptors (Lipinski definition) is 6. The van der Waals surface area contributed by atoms with E-state index in [-0.39, 0.29) is 24.3 Å². The van der Waals surface area contributed by atoms with Gasteiger partial charge in [-0.3, -0.25) is 14.4 Å². The van der Waals surface area contributed by atoms with Crippen LogP contribution in [0.4, 0.5) is 11.4 Å². The van der Waals surface area contributed by atoms with Crippen molar-refractivity contribution in [2.45, 2.75) is 50.5 Å². The predicted molar refractivity (Wildman–Crippen MR) is 143 cm³/mol. The molecule has 3 N–H and O–H groups in total. The van der Waals surface area contributed by atoms with Crippen LogP contribution in [0, 0.1) is 11.8 Å². The number of amides is 3. The molecule has 0 saturated carbocycles. The lowest BCUT2D eigenvalue weighted by molar-refractivity contribution is -0.144. The molecule has 202 valence electrons. The zero-order chi connectivity index (χ0) is 27.0. The molecule has 0 radical (unpaired) electrons. The third-order valence-electron chi connectivity index (χ3n) is 8.49. The van der Waals surface area contributed by atoms with Gasteiger partial charge in [0.05, 0.1) is 30.6 Å². The molecule has 2 bridgehead atoms. The molecule has 3 heterocycles. The van der Waals surface area contributed by atoms with Crippen molar-refractivity contribution in [3.63, 3.8) is 0 Å². The van der Waals surface area contributed by atoms with Crippen molar-refractivity contribution in [2.75, 3.05) is 37.0 Å². The number of aliphatic hydroxyl groups is 1. The van der Waals surface area contributed by atoms with E-state index < -0.39 is 35.6 Å². The number of hydrogen-bond donors (Lipinski definition) is 3. The van der Waals surface area contributed by atoms with Crippen molar-refractivity contribution >= 4 is 29.1 Å². The van der Waals surface area contributed by atoms with E-state index in [4.69, 9.17) is 4.74 Å². The van der Waals surface area contributed by atoms with Crippen LogP contribution in [0.1, 0.15) is 38.3 Å². The zero-order valence-corrected chi connectivity index (χ0v) is 22.1. The Labute approximate surface area is 223 Å². The Morgan fingerprint density at radius 1 is 1.11 bits per heavy atom. The van der Waals surface area contributed by atoms with Crippen molar-refractivity contribution in [1.29, 1.82) is 0 Å². The summed E-state index contributed by atoms with van der Waals surface area (Å²) in [5, 5.41) is 16.2. The normalized spacial score (nSPS) is 28.2. The first-order chi connectivity index (χ1) is 18.4. The van der Waals surface area contributed by atoms with E-state index in [0.717, 1.165) is 18.8 Å². The SMILES string of the molecule is CCN(CC)c1ccc(NC(=O)C2N([C@H](CO)c3ccccc3)C(=O)[C@@H]3[C@@H](C(=O)NC)[C@H]4CCC23O4)cc1. The lowest BCUT2D eigenvalue weighted by Gasteiger charge is -2.36. The summed E-state index contributed by atoms with van der Waals surface area (Å²) >= 11 is 0. The molecule has 5 rings (SSSR count). The highest BCUT2D eigenvalue weighted by molar-refractivity contribution is 6.03. The second kappa shape index (κ2) is 10.4. The molecule has 2 unspecified atom stereocenters. The molecule has 9 heteroatoms. The average Bonchev–Trinajstić information content (AvgIpc) is 3.58. The Hall–Kier alpha value is -3.43. The van der Waals surface area contributed by atoms with E-state index in [1.807, 2.05) is 54.6 Å². The molecular weight excluding hydrogens is 484 g/mol. The van der Waals surface area contributed by atoms with Gasteiger partial charge in [0.2, 0.25) is 17.7 Å². The molecule has 0 aliphatic carbocycles. The minimum atomic E-state index is -1.13. The molecule has 3 saturated heterocycles. The van der Waals surface area contributed by atoms with Gasteiger partial charge in [0.25, 0.3) is 0 Å². The first-order valence-corrected chi connectivity index (χ1v) is 13.4. The van der Waals surface area contributed by atoms with Gasteiger partial charge in [-0.05, 0) is 56.5 Å². The van der Waals surface area contributed by atoms with Gasteiger partial charge in [0.1, 0.15) is 11.6 Å². The van der Waals surface area contributed by atoms with Crippen LogP contribution < -0.4 is 15.5 Å². The van der Waals surface area contributed by atoms with Gasteiger partial charge >= 0.3 is 0 Å². The Morgan fingerprint density at radius 2 is 1.79 bits per heavy atom. The molecule has 9 nitrogen and oxygen atoms in total. The molecule has 3 aliphatic rings. The Morgan fingerprint density at radius 3 is 2.39 bits per heavy atom. The highest BCUT2D eigenvalue weighted by atomic mass is 16.5. The maximum absolute atomic E-state index is 14.1. The third-order valence-corrected chi connectivity index (χ3v) is 8.49. The molecule has 2 aromatic rings. The smallest absolute Gasteiger partial charge is 0.250 e. The molecule has 1 spiro atoms. The fraction of sp³-hybridized carbons (Fsp3) is 0.483. The summed E-state index contributed by atoms with van der Waals surface area (Å²) in [5.41, 5.74) is 1.24. The van der Waals surface area contributed by atoms with Crippen LogP contribution in [0.25, 0.3) is 0 Å². The van der Waals surface area contributed by atoms with E-state index in [0.29, 0.717) is 24.1 Å². The third kappa shape index (κ3) is 4.05. The van der Waals surface area contributed by atoms with Gasteiger partial charge in [-0.2, -0.15) is 0 Å². The Kier molecular flexibility index (Phi) is 7.15. The molecule has 6 atom stereocenters. The van der Waals surface area contributed by atoms with Crippen molar-refractivity contribution < 1.29 is 24.2 Å². The lowest BCUT2D eigenvalue weighted by Crippen LogP contribution is -2.54. The van der Waals surface area contributed by atoms with Crippen LogP contribution in [0.3, 0.4) is 0 Å². The Balaban J connectivity index is 1.52. The molecule has 3 fully saturated rings. The number of aliphatic hydroxyl groups excluding tert-OH is 1. The topological polar surface area (TPSA) is 111 Å². The first kappa shape index (κ1) is 26.2. The number of fused-ring (bicyclic) bond motifs is 1. The van der Waals surface area contributed by atoms with E-state index in [2.05, 4.69) is 29.4 Å². The maximum Gasteiger partial charge on any atom is 0.250 e. The molecule has 2 aromatic carbocycles. The van der Waals surface area contributed by atoms with Crippen molar-refractivity contribution in [3.8, 4) is 0 Å². The number of carbonyl (C=O) groups is 3. The number of benzene rings is 2. The summed E-state index contributed by atoms with van der Waals surface area (Å²) in [6.07, 6.45) is 0.663. The minimum Gasteiger partial charge on any atom is -0.394 e. The van der Waals surface area contributed by atoms with Gasteiger partial charge in [-0.1, -0.05) is 30.3 Å². The van der Waals surface area contributed by atoms with Crippen LogP contribution in [-0.2, 0) is 19.1 Å². The fourth-order valence-electron chi connectivity index (χ4n) is 6.78. The number of rotatable bonds is 9. The van der Waals surface area contributed by atoms with E-state index in [1.54, 1.807) is 7.05 Å². The van der Waals surface area contributed by atoms with Gasteiger partial charge in [-0.15, -0.1) is 0 Å². The second-order valence-electron chi connectivity index (χ2n) is 10.2. The van der Waals surface area contributed by atoms with Crippen LogP contribution in [0.5, 0.6) is 0 Å². The highest BCUT2D eigenvalue weighted by Crippen LogP contribution is 2.59. The summed E-state index contributed by atoms with van der Waals surface area (Å²) < 4.78 is 6.43. The Bertz CT molecular complexity index is 1190. The minimum absolute atomic E-state index is 0.261. The van der Waals surface area contributed by atoms with Gasteiger partial charge in [0, 0.05) is 31.5 Å². The van der Waals surface area contributed by atoms with Gasteiger partial charge < -0.3 is 30.3 Å². The van der Waals surface area contributed by atoms with E-state index >= 15 is 0 Å². The largest absolute Gasteiger partial charge is 0.394 e. The summed E-state index contributed by atoms with van der Waals surface area (Å²) in [5.74, 6) is -2.45. The summed E-state index contributed by atoms with van der Waals surface area (Å²) in [4.78, 5) is 44.7. The van der Waals surface area contributed by atoms with Crippen LogP contribution in [-0.4, -0.2) is 72.2 Å². The number of likely N-dealkylation sites (tertiary alicyclic amines) is 1. The highest BCUT2D eigenvalue weighted by Gasteiger charge is 2.75. The standard InChI is InChI=1S/C29H36N4O5/c1-4-32(5-2)20-13-11-19(12-14-20)31-27(36)25-29-16-15-22(38-29)23(26(35)30-3)24(29)28(37)33(25)21(17-34)18-9-7-6-8-10-18/h6-14,21-25,34H,4-5,15-17H2,1-3H3,(H,30,35)(H,31,36)/t21-,22-,23+,24+,25?,29?/m1/s1. The number of anilines is 2. The van der Waals surface area contributed by atoms with Gasteiger partial charge in [-0.25, -0.2) is 0 Å². The quantitative estimate of drug-likeness (QED) is 0.468. The molecular formula is C29H36N4O5. The predicted octanol–water partition coefficient (Wildman–Crippen LogP) is 2.33. The van der Waals surface area contributed by atoms with E-state index in [1.165, 1.54) is 4.90 Å². The van der Waals surface area contributed by atoms with Crippen molar-refractivity contribution in [3.05, 3.63) is 60.2 Å². The molecule has 3 amide bonds. The lowest BCUT2D eigenvalue weighted by atomic mass is 9.70. The number of ether oxygens (including phenoxy) is 1. The zero-order valence-electron chi connectivity index (χ0n) is 22.1. The van der Waals surface area contributed by atoms with Crippen LogP contribution >= 0.6 is 0 Å². The first-order valence-electron chi connectivity index (χ1n) is 13.4. The average molecular weight is 521 g/mol. The van der Waals surface area contributed by atoms with E-state index in [9.17, 15) is 19.5 Å². The monoisotopic (exact) mass is 520 g/mol. The van der Waals surface area contributed by atoms with Gasteiger partial charge in [0.15, 0.2) is 0 Å². The molecule has 3 aliphatic heterocycles. The van der Waals surface area contributed by atoms with Crippen LogP contribution in [0.15, 0.2) is 54.6 Å². The summed E-state index contributed by atoms with van der Waals surface area (Å²) in [6.45, 7) is 5.56. The maximum atomic E-state index is 14.1. The molecule has 38 heavy (non-hydrogen) atoms. The summed E-state index contributed by atoms with van der Waals surface area (Å²) in [6, 6.07) is 15.0.